The van der Waals surface area contributed by atoms with Crippen LogP contribution in [0.4, 0.5) is 5.69 Å². The molecule has 3 heterocycles. The van der Waals surface area contributed by atoms with E-state index in [9.17, 15) is 14.4 Å². The number of fused-ring (bicyclic) bond motifs is 1. The first-order chi connectivity index (χ1) is 17.6. The van der Waals surface area contributed by atoms with Crippen molar-refractivity contribution in [3.63, 3.8) is 0 Å². The maximum absolute atomic E-state index is 14.0. The summed E-state index contributed by atoms with van der Waals surface area (Å²) in [6.45, 7) is 9.08. The molecule has 1 saturated carbocycles. The van der Waals surface area contributed by atoms with E-state index in [2.05, 4.69) is 38.3 Å². The second-order valence-corrected chi connectivity index (χ2v) is 12.2. The molecule has 0 unspecified atom stereocenters. The molecule has 1 spiro atoms. The van der Waals surface area contributed by atoms with Crippen LogP contribution in [0.15, 0.2) is 36.4 Å². The Morgan fingerprint density at radius 2 is 2.00 bits per heavy atom. The lowest BCUT2D eigenvalue weighted by molar-refractivity contribution is -0.141. The van der Waals surface area contributed by atoms with Gasteiger partial charge in [0, 0.05) is 23.3 Å². The average molecular weight is 528 g/mol. The molecule has 1 aliphatic carbocycles. The summed E-state index contributed by atoms with van der Waals surface area (Å²) in [6, 6.07) is 6.21. The third kappa shape index (κ3) is 4.59. The molecule has 4 aliphatic rings. The fourth-order valence-electron chi connectivity index (χ4n) is 6.74. The van der Waals surface area contributed by atoms with Gasteiger partial charge >= 0.3 is 0 Å². The number of rotatable bonds is 7. The highest BCUT2D eigenvalue weighted by atomic mass is 35.5. The highest BCUT2D eigenvalue weighted by molar-refractivity contribution is 6.30. The minimum absolute atomic E-state index is 0.0678. The van der Waals surface area contributed by atoms with Gasteiger partial charge in [0.25, 0.3) is 0 Å². The van der Waals surface area contributed by atoms with E-state index >= 15 is 0 Å². The molecule has 2 saturated heterocycles. The number of ether oxygens (including phenoxy) is 1. The Hall–Kier alpha value is -2.38. The number of hydrogen-bond acceptors (Lipinski definition) is 4. The minimum atomic E-state index is -1.14. The Morgan fingerprint density at radius 1 is 1.22 bits per heavy atom. The number of nitrogens with one attached hydrogen (secondary N) is 2. The molecule has 3 fully saturated rings. The van der Waals surface area contributed by atoms with Crippen LogP contribution in [0.25, 0.3) is 0 Å². The Kier molecular flexibility index (Phi) is 7.14. The minimum Gasteiger partial charge on any atom is -0.359 e. The number of likely N-dealkylation sites (tertiary alicyclic amines) is 1. The fraction of sp³-hybridized carbons (Fsp3) is 0.621. The molecule has 37 heavy (non-hydrogen) atoms. The number of hydrogen-bond donors (Lipinski definition) is 2. The van der Waals surface area contributed by atoms with E-state index < -0.39 is 29.6 Å². The standard InChI is InChI=1S/C29H38ClN3O4/c1-16(2)12-14-33-25(27(35)32-21-10-5-7-17(3)18(21)4)29-13-11-22(37-29)23(24(29)28(33)36)26(34)31-20-9-6-8-19(30)15-20/h6,8-9,11,13,15-18,21-25H,5,7,10,12,14H2,1-4H3,(H,31,34)(H,32,35)/t17-,18-,21+,22+,23+,24+,25-,29-/m0/s1. The smallest absolute Gasteiger partial charge is 0.246 e. The summed E-state index contributed by atoms with van der Waals surface area (Å²) >= 11 is 6.10. The van der Waals surface area contributed by atoms with E-state index in [4.69, 9.17) is 16.3 Å². The SMILES string of the molecule is CC(C)CCN1C(=O)[C@H]2[C@H](C(=O)Nc3cccc(Cl)c3)[C@H]3C=C[C@@]2(O3)[C@@H]1C(=O)N[C@@H]1CCC[C@H](C)[C@@H]1C. The second kappa shape index (κ2) is 10.1. The molecule has 1 aromatic carbocycles. The third-order valence-electron chi connectivity index (χ3n) is 9.00. The largest absolute Gasteiger partial charge is 0.359 e. The van der Waals surface area contributed by atoms with Gasteiger partial charge in [-0.3, -0.25) is 14.4 Å². The number of anilines is 1. The fourth-order valence-corrected chi connectivity index (χ4v) is 6.93. The Balaban J connectivity index is 1.43. The van der Waals surface area contributed by atoms with Gasteiger partial charge < -0.3 is 20.3 Å². The van der Waals surface area contributed by atoms with Crippen molar-refractivity contribution in [3.05, 3.63) is 41.4 Å². The van der Waals surface area contributed by atoms with Crippen molar-refractivity contribution < 1.29 is 19.1 Å². The van der Waals surface area contributed by atoms with Gasteiger partial charge in [-0.15, -0.1) is 0 Å². The maximum atomic E-state index is 14.0. The van der Waals surface area contributed by atoms with Crippen LogP contribution in [-0.4, -0.2) is 53.0 Å². The molecule has 3 amide bonds. The summed E-state index contributed by atoms with van der Waals surface area (Å²) in [6.07, 6.45) is 7.11. The lowest BCUT2D eigenvalue weighted by Crippen LogP contribution is -2.58. The zero-order valence-corrected chi connectivity index (χ0v) is 22.8. The van der Waals surface area contributed by atoms with Gasteiger partial charge in [-0.2, -0.15) is 0 Å². The molecule has 0 radical (unpaired) electrons. The molecule has 5 rings (SSSR count). The lowest BCUT2D eigenvalue weighted by Gasteiger charge is -2.38. The third-order valence-corrected chi connectivity index (χ3v) is 9.23. The number of carbonyl (C=O) groups excluding carboxylic acids is 3. The number of benzene rings is 1. The van der Waals surface area contributed by atoms with Crippen LogP contribution < -0.4 is 10.6 Å². The van der Waals surface area contributed by atoms with Crippen molar-refractivity contribution in [1.82, 2.24) is 10.2 Å². The first kappa shape index (κ1) is 26.2. The predicted molar refractivity (Wildman–Crippen MR) is 143 cm³/mol. The Morgan fingerprint density at radius 3 is 2.73 bits per heavy atom. The number of halogens is 1. The van der Waals surface area contributed by atoms with Crippen LogP contribution in [0, 0.1) is 29.6 Å². The van der Waals surface area contributed by atoms with Crippen LogP contribution in [-0.2, 0) is 19.1 Å². The van der Waals surface area contributed by atoms with E-state index in [-0.39, 0.29) is 23.8 Å². The molecule has 2 N–H and O–H groups in total. The molecular formula is C29H38ClN3O4. The first-order valence-electron chi connectivity index (χ1n) is 13.7. The maximum Gasteiger partial charge on any atom is 0.246 e. The summed E-state index contributed by atoms with van der Waals surface area (Å²) in [7, 11) is 0. The van der Waals surface area contributed by atoms with E-state index in [1.54, 1.807) is 29.2 Å². The molecule has 2 bridgehead atoms. The van der Waals surface area contributed by atoms with Crippen molar-refractivity contribution >= 4 is 35.0 Å². The molecule has 0 aromatic heterocycles. The van der Waals surface area contributed by atoms with Gasteiger partial charge in [-0.25, -0.2) is 0 Å². The normalized spacial score (nSPS) is 36.2. The number of carbonyl (C=O) groups is 3. The van der Waals surface area contributed by atoms with Crippen molar-refractivity contribution in [1.29, 1.82) is 0 Å². The van der Waals surface area contributed by atoms with Crippen LogP contribution in [0.5, 0.6) is 0 Å². The quantitative estimate of drug-likeness (QED) is 0.514. The van der Waals surface area contributed by atoms with Gasteiger partial charge in [0.05, 0.1) is 17.9 Å². The molecule has 7 nitrogen and oxygen atoms in total. The summed E-state index contributed by atoms with van der Waals surface area (Å²) in [5, 5.41) is 6.73. The highest BCUT2D eigenvalue weighted by Crippen LogP contribution is 2.55. The van der Waals surface area contributed by atoms with Crippen molar-refractivity contribution in [3.8, 4) is 0 Å². The molecule has 8 atom stereocenters. The van der Waals surface area contributed by atoms with Gasteiger partial charge in [0.15, 0.2) is 0 Å². The molecular weight excluding hydrogens is 490 g/mol. The van der Waals surface area contributed by atoms with Crippen molar-refractivity contribution in [2.75, 3.05) is 11.9 Å². The van der Waals surface area contributed by atoms with Crippen molar-refractivity contribution in [2.45, 2.75) is 77.2 Å². The van der Waals surface area contributed by atoms with E-state index in [1.807, 2.05) is 12.2 Å². The van der Waals surface area contributed by atoms with Crippen molar-refractivity contribution in [2.24, 2.45) is 29.6 Å². The average Bonchev–Trinajstić information content (AvgIpc) is 3.48. The number of nitrogens with zero attached hydrogens (tertiary/aromatic N) is 1. The second-order valence-electron chi connectivity index (χ2n) is 11.8. The lowest BCUT2D eigenvalue weighted by atomic mass is 9.73. The van der Waals surface area contributed by atoms with E-state index in [0.29, 0.717) is 35.0 Å². The summed E-state index contributed by atoms with van der Waals surface area (Å²) < 4.78 is 6.44. The molecule has 8 heteroatoms. The topological polar surface area (TPSA) is 87.7 Å². The van der Waals surface area contributed by atoms with E-state index in [0.717, 1.165) is 19.3 Å². The van der Waals surface area contributed by atoms with Crippen LogP contribution >= 0.6 is 11.6 Å². The van der Waals surface area contributed by atoms with Crippen LogP contribution in [0.2, 0.25) is 5.02 Å². The van der Waals surface area contributed by atoms with Gasteiger partial charge in [0.2, 0.25) is 17.7 Å². The van der Waals surface area contributed by atoms with Crippen LogP contribution in [0.1, 0.15) is 53.4 Å². The summed E-state index contributed by atoms with van der Waals surface area (Å²) in [5.74, 6) is -0.850. The highest BCUT2D eigenvalue weighted by Gasteiger charge is 2.72. The zero-order valence-electron chi connectivity index (χ0n) is 22.1. The predicted octanol–water partition coefficient (Wildman–Crippen LogP) is 4.42. The molecule has 1 aromatic rings. The molecule has 3 aliphatic heterocycles. The Bertz CT molecular complexity index is 1110. The van der Waals surface area contributed by atoms with E-state index in [1.165, 1.54) is 6.42 Å². The van der Waals surface area contributed by atoms with Crippen LogP contribution in [0.3, 0.4) is 0 Å². The Labute approximate surface area is 224 Å². The van der Waals surface area contributed by atoms with Gasteiger partial charge in [0.1, 0.15) is 11.6 Å². The summed E-state index contributed by atoms with van der Waals surface area (Å²) in [5.41, 5.74) is -0.571. The monoisotopic (exact) mass is 527 g/mol. The molecule has 200 valence electrons. The zero-order chi connectivity index (χ0) is 26.5. The first-order valence-corrected chi connectivity index (χ1v) is 14.0. The van der Waals surface area contributed by atoms with Gasteiger partial charge in [-0.1, -0.05) is 70.4 Å². The number of amides is 3. The van der Waals surface area contributed by atoms with Gasteiger partial charge in [-0.05, 0) is 48.8 Å². The summed E-state index contributed by atoms with van der Waals surface area (Å²) in [4.78, 5) is 43.1.